The first-order valence-corrected chi connectivity index (χ1v) is 7.71. The van der Waals surface area contributed by atoms with Crippen LogP contribution in [0.1, 0.15) is 32.3 Å². The van der Waals surface area contributed by atoms with Crippen LogP contribution in [0.4, 0.5) is 0 Å². The molecule has 0 aliphatic rings. The Morgan fingerprint density at radius 2 is 1.85 bits per heavy atom. The predicted octanol–water partition coefficient (Wildman–Crippen LogP) is 3.28. The first-order chi connectivity index (χ1) is 9.80. The lowest BCUT2D eigenvalue weighted by Gasteiger charge is -2.17. The van der Waals surface area contributed by atoms with Gasteiger partial charge in [-0.25, -0.2) is 0 Å². The van der Waals surface area contributed by atoms with Gasteiger partial charge in [0.25, 0.3) is 0 Å². The van der Waals surface area contributed by atoms with E-state index in [4.69, 9.17) is 9.47 Å². The maximum atomic E-state index is 5.62. The molecule has 0 spiro atoms. The number of rotatable bonds is 11. The van der Waals surface area contributed by atoms with Crippen LogP contribution in [0.2, 0.25) is 0 Å². The Kier molecular flexibility index (Phi) is 9.09. The van der Waals surface area contributed by atoms with Crippen LogP contribution in [0.15, 0.2) is 24.3 Å². The van der Waals surface area contributed by atoms with Crippen LogP contribution < -0.4 is 10.1 Å². The predicted molar refractivity (Wildman–Crippen MR) is 84.5 cm³/mol. The van der Waals surface area contributed by atoms with E-state index < -0.39 is 0 Å². The van der Waals surface area contributed by atoms with Crippen molar-refractivity contribution in [3.05, 3.63) is 29.8 Å². The Balaban J connectivity index is 2.44. The molecule has 0 bridgehead atoms. The number of benzene rings is 1. The van der Waals surface area contributed by atoms with Crippen LogP contribution in [0.5, 0.6) is 5.75 Å². The minimum absolute atomic E-state index is 0.625. The summed E-state index contributed by atoms with van der Waals surface area (Å²) >= 11 is 0. The van der Waals surface area contributed by atoms with Crippen molar-refractivity contribution >= 4 is 0 Å². The third-order valence-corrected chi connectivity index (χ3v) is 3.39. The molecule has 0 aliphatic carbocycles. The van der Waals surface area contributed by atoms with Crippen LogP contribution in [0.25, 0.3) is 0 Å². The van der Waals surface area contributed by atoms with Crippen molar-refractivity contribution in [1.82, 2.24) is 5.32 Å². The topological polar surface area (TPSA) is 30.5 Å². The summed E-state index contributed by atoms with van der Waals surface area (Å²) in [6.45, 7) is 8.11. The average molecular weight is 279 g/mol. The van der Waals surface area contributed by atoms with E-state index >= 15 is 0 Å². The number of hydrogen-bond acceptors (Lipinski definition) is 3. The monoisotopic (exact) mass is 279 g/mol. The van der Waals surface area contributed by atoms with E-state index in [2.05, 4.69) is 31.3 Å². The molecular formula is C17H29NO2. The lowest BCUT2D eigenvalue weighted by Crippen LogP contribution is -2.25. The zero-order chi connectivity index (χ0) is 14.6. The third kappa shape index (κ3) is 6.92. The molecule has 0 heterocycles. The quantitative estimate of drug-likeness (QED) is 0.631. The first-order valence-electron chi connectivity index (χ1n) is 7.71. The molecule has 0 saturated heterocycles. The highest BCUT2D eigenvalue weighted by Gasteiger charge is 2.09. The van der Waals surface area contributed by atoms with Gasteiger partial charge in [-0.05, 0) is 56.0 Å². The summed E-state index contributed by atoms with van der Waals surface area (Å²) in [6.07, 6.45) is 3.29. The normalized spacial score (nSPS) is 12.3. The lowest BCUT2D eigenvalue weighted by atomic mass is 9.96. The van der Waals surface area contributed by atoms with E-state index in [1.165, 1.54) is 5.56 Å². The highest BCUT2D eigenvalue weighted by molar-refractivity contribution is 5.27. The van der Waals surface area contributed by atoms with Crippen molar-refractivity contribution in [3.63, 3.8) is 0 Å². The highest BCUT2D eigenvalue weighted by atomic mass is 16.5. The van der Waals surface area contributed by atoms with Crippen molar-refractivity contribution in [3.8, 4) is 5.75 Å². The van der Waals surface area contributed by atoms with Gasteiger partial charge in [-0.2, -0.15) is 0 Å². The molecule has 0 amide bonds. The molecule has 1 aromatic carbocycles. The minimum Gasteiger partial charge on any atom is -0.497 e. The molecule has 0 saturated carbocycles. The Bertz CT molecular complexity index is 337. The molecule has 3 nitrogen and oxygen atoms in total. The summed E-state index contributed by atoms with van der Waals surface area (Å²) in [4.78, 5) is 0. The number of ether oxygens (including phenoxy) is 2. The van der Waals surface area contributed by atoms with Gasteiger partial charge < -0.3 is 14.8 Å². The molecule has 3 heteroatoms. The van der Waals surface area contributed by atoms with Gasteiger partial charge in [0.15, 0.2) is 0 Å². The average Bonchev–Trinajstić information content (AvgIpc) is 2.49. The van der Waals surface area contributed by atoms with E-state index in [9.17, 15) is 0 Å². The summed E-state index contributed by atoms with van der Waals surface area (Å²) in [6, 6.07) is 8.38. The largest absolute Gasteiger partial charge is 0.497 e. The summed E-state index contributed by atoms with van der Waals surface area (Å²) in [5, 5.41) is 3.45. The van der Waals surface area contributed by atoms with Crippen molar-refractivity contribution in [2.24, 2.45) is 5.92 Å². The fourth-order valence-corrected chi connectivity index (χ4v) is 2.22. The Hall–Kier alpha value is -1.06. The molecule has 0 radical (unpaired) electrons. The van der Waals surface area contributed by atoms with Crippen molar-refractivity contribution in [1.29, 1.82) is 0 Å². The van der Waals surface area contributed by atoms with Crippen molar-refractivity contribution in [2.45, 2.75) is 33.1 Å². The van der Waals surface area contributed by atoms with E-state index in [0.717, 1.165) is 51.3 Å². The maximum absolute atomic E-state index is 5.62. The number of hydrogen-bond donors (Lipinski definition) is 1. The van der Waals surface area contributed by atoms with Gasteiger partial charge in [0.1, 0.15) is 5.75 Å². The third-order valence-electron chi connectivity index (χ3n) is 3.39. The molecule has 0 aliphatic heterocycles. The van der Waals surface area contributed by atoms with Gasteiger partial charge in [0, 0.05) is 13.2 Å². The molecule has 114 valence electrons. The number of methoxy groups -OCH3 is 1. The van der Waals surface area contributed by atoms with Crippen molar-refractivity contribution < 1.29 is 9.47 Å². The van der Waals surface area contributed by atoms with Crippen molar-refractivity contribution in [2.75, 3.05) is 33.4 Å². The van der Waals surface area contributed by atoms with Gasteiger partial charge in [0.2, 0.25) is 0 Å². The molecule has 1 N–H and O–H groups in total. The molecule has 20 heavy (non-hydrogen) atoms. The van der Waals surface area contributed by atoms with Crippen LogP contribution in [0, 0.1) is 5.92 Å². The van der Waals surface area contributed by atoms with Gasteiger partial charge in [-0.1, -0.05) is 26.0 Å². The van der Waals surface area contributed by atoms with Crippen LogP contribution >= 0.6 is 0 Å². The molecule has 1 unspecified atom stereocenters. The van der Waals surface area contributed by atoms with E-state index in [1.807, 2.05) is 12.1 Å². The zero-order valence-electron chi connectivity index (χ0n) is 13.2. The van der Waals surface area contributed by atoms with E-state index in [1.54, 1.807) is 7.11 Å². The first kappa shape index (κ1) is 17.0. The summed E-state index contributed by atoms with van der Waals surface area (Å²) in [7, 11) is 1.70. The maximum Gasteiger partial charge on any atom is 0.118 e. The Labute approximate surface area is 123 Å². The molecule has 1 atom stereocenters. The summed E-state index contributed by atoms with van der Waals surface area (Å²) < 4.78 is 10.8. The number of nitrogens with one attached hydrogen (secondary N) is 1. The fourth-order valence-electron chi connectivity index (χ4n) is 2.22. The van der Waals surface area contributed by atoms with Gasteiger partial charge in [0.05, 0.1) is 7.11 Å². The van der Waals surface area contributed by atoms with Gasteiger partial charge >= 0.3 is 0 Å². The SMILES string of the molecule is CCCOCCC(CNCC)Cc1ccc(OC)cc1. The zero-order valence-corrected chi connectivity index (χ0v) is 13.2. The van der Waals surface area contributed by atoms with Crippen LogP contribution in [-0.4, -0.2) is 33.4 Å². The van der Waals surface area contributed by atoms with E-state index in [-0.39, 0.29) is 0 Å². The Morgan fingerprint density at radius 1 is 1.10 bits per heavy atom. The molecule has 0 fully saturated rings. The second-order valence-electron chi connectivity index (χ2n) is 5.13. The highest BCUT2D eigenvalue weighted by Crippen LogP contribution is 2.16. The second-order valence-corrected chi connectivity index (χ2v) is 5.13. The van der Waals surface area contributed by atoms with Crippen LogP contribution in [-0.2, 0) is 11.2 Å². The van der Waals surface area contributed by atoms with Gasteiger partial charge in [-0.15, -0.1) is 0 Å². The van der Waals surface area contributed by atoms with Gasteiger partial charge in [-0.3, -0.25) is 0 Å². The fraction of sp³-hybridized carbons (Fsp3) is 0.647. The van der Waals surface area contributed by atoms with E-state index in [0.29, 0.717) is 5.92 Å². The minimum atomic E-state index is 0.625. The van der Waals surface area contributed by atoms with Crippen LogP contribution in [0.3, 0.4) is 0 Å². The molecule has 1 aromatic rings. The summed E-state index contributed by atoms with van der Waals surface area (Å²) in [5.41, 5.74) is 1.36. The Morgan fingerprint density at radius 3 is 2.45 bits per heavy atom. The summed E-state index contributed by atoms with van der Waals surface area (Å²) in [5.74, 6) is 1.54. The molecule has 1 rings (SSSR count). The smallest absolute Gasteiger partial charge is 0.118 e. The second kappa shape index (κ2) is 10.7. The lowest BCUT2D eigenvalue weighted by molar-refractivity contribution is 0.120. The molecule has 0 aromatic heterocycles. The standard InChI is InChI=1S/C17H29NO2/c1-4-11-20-12-10-16(14-18-5-2)13-15-6-8-17(19-3)9-7-15/h6-9,16,18H,4-5,10-14H2,1-3H3. The molecular weight excluding hydrogens is 250 g/mol.